The molecule has 1 N–H and O–H groups in total. The van der Waals surface area contributed by atoms with Crippen molar-refractivity contribution in [3.05, 3.63) is 18.2 Å². The smallest absolute Gasteiger partial charge is 0.410 e. The molecule has 20 heavy (non-hydrogen) atoms. The summed E-state index contributed by atoms with van der Waals surface area (Å²) in [5.74, 6) is 0.0259. The Morgan fingerprint density at radius 2 is 2.20 bits per heavy atom. The quantitative estimate of drug-likeness (QED) is 0.884. The van der Waals surface area contributed by atoms with Gasteiger partial charge in [-0.25, -0.2) is 9.78 Å². The molecule has 0 aromatic carbocycles. The van der Waals surface area contributed by atoms with Gasteiger partial charge in [-0.1, -0.05) is 0 Å². The fraction of sp³-hybridized carbons (Fsp3) is 0.714. The second-order valence-corrected chi connectivity index (χ2v) is 6.41. The van der Waals surface area contributed by atoms with Gasteiger partial charge >= 0.3 is 6.09 Å². The number of likely N-dealkylation sites (tertiary alicyclic amines) is 1. The van der Waals surface area contributed by atoms with Crippen LogP contribution in [-0.4, -0.2) is 50.4 Å². The van der Waals surface area contributed by atoms with Crippen LogP contribution in [0.4, 0.5) is 4.79 Å². The van der Waals surface area contributed by atoms with Gasteiger partial charge in [0, 0.05) is 31.4 Å². The monoisotopic (exact) mass is 281 g/mol. The van der Waals surface area contributed by atoms with Crippen LogP contribution in [0.1, 0.15) is 26.5 Å². The molecule has 2 rings (SSSR count). The first-order chi connectivity index (χ1) is 9.26. The molecule has 1 aromatic rings. The van der Waals surface area contributed by atoms with Crippen LogP contribution in [0.15, 0.2) is 12.5 Å². The number of nitrogens with zero attached hydrogens (tertiary/aromatic N) is 3. The van der Waals surface area contributed by atoms with Crippen LogP contribution in [-0.2, 0) is 18.2 Å². The first-order valence-corrected chi connectivity index (χ1v) is 6.87. The third-order valence-corrected chi connectivity index (χ3v) is 3.45. The summed E-state index contributed by atoms with van der Waals surface area (Å²) in [6.45, 7) is 6.36. The lowest BCUT2D eigenvalue weighted by atomic mass is 10.0. The first-order valence-electron chi connectivity index (χ1n) is 6.87. The van der Waals surface area contributed by atoms with Crippen LogP contribution in [0.3, 0.4) is 0 Å². The van der Waals surface area contributed by atoms with Gasteiger partial charge < -0.3 is 19.3 Å². The largest absolute Gasteiger partial charge is 0.444 e. The van der Waals surface area contributed by atoms with E-state index in [1.807, 2.05) is 32.4 Å². The van der Waals surface area contributed by atoms with Crippen molar-refractivity contribution < 1.29 is 14.6 Å². The van der Waals surface area contributed by atoms with E-state index in [2.05, 4.69) is 4.98 Å². The predicted octanol–water partition coefficient (Wildman–Crippen LogP) is 1.19. The fourth-order valence-corrected chi connectivity index (χ4v) is 2.38. The fourth-order valence-electron chi connectivity index (χ4n) is 2.38. The van der Waals surface area contributed by atoms with E-state index >= 15 is 0 Å². The van der Waals surface area contributed by atoms with Crippen molar-refractivity contribution in [3.63, 3.8) is 0 Å². The van der Waals surface area contributed by atoms with Crippen LogP contribution >= 0.6 is 0 Å². The molecule has 1 aliphatic heterocycles. The summed E-state index contributed by atoms with van der Waals surface area (Å²) < 4.78 is 7.27. The molecule has 0 spiro atoms. The zero-order valence-electron chi connectivity index (χ0n) is 12.5. The maximum absolute atomic E-state index is 12.0. The first kappa shape index (κ1) is 14.8. The predicted molar refractivity (Wildman–Crippen MR) is 74.2 cm³/mol. The molecule has 2 atom stereocenters. The van der Waals surface area contributed by atoms with Gasteiger partial charge in [-0.3, -0.25) is 0 Å². The molecule has 1 aliphatic rings. The number of amides is 1. The number of ether oxygens (including phenoxy) is 1. The highest BCUT2D eigenvalue weighted by Gasteiger charge is 2.36. The Morgan fingerprint density at radius 3 is 2.75 bits per heavy atom. The van der Waals surface area contributed by atoms with Gasteiger partial charge in [0.05, 0.1) is 19.0 Å². The molecule has 0 bridgehead atoms. The molecular weight excluding hydrogens is 258 g/mol. The third kappa shape index (κ3) is 3.50. The maximum Gasteiger partial charge on any atom is 0.410 e. The molecule has 0 aliphatic carbocycles. The summed E-state index contributed by atoms with van der Waals surface area (Å²) in [4.78, 5) is 17.6. The molecule has 1 aromatic heterocycles. The molecule has 6 heteroatoms. The average molecular weight is 281 g/mol. The van der Waals surface area contributed by atoms with Crippen molar-refractivity contribution in [2.45, 2.75) is 38.9 Å². The van der Waals surface area contributed by atoms with Gasteiger partial charge in [0.15, 0.2) is 0 Å². The SMILES string of the molecule is Cn1cncc1CC1CN(C(=O)OC(C)(C)C)CC1O. The van der Waals surface area contributed by atoms with E-state index < -0.39 is 11.7 Å². The maximum atomic E-state index is 12.0. The van der Waals surface area contributed by atoms with Crippen molar-refractivity contribution >= 4 is 6.09 Å². The number of aliphatic hydroxyl groups excluding tert-OH is 1. The van der Waals surface area contributed by atoms with E-state index in [0.717, 1.165) is 5.69 Å². The minimum Gasteiger partial charge on any atom is -0.444 e. The number of β-amino-alcohol motifs (C(OH)–C–C–N with tert-alkyl or cyclic N) is 1. The van der Waals surface area contributed by atoms with Crippen molar-refractivity contribution in [1.82, 2.24) is 14.5 Å². The molecule has 2 heterocycles. The number of carbonyl (C=O) groups excluding carboxylic acids is 1. The minimum absolute atomic E-state index is 0.0259. The molecule has 2 unspecified atom stereocenters. The van der Waals surface area contributed by atoms with Gasteiger partial charge in [-0.2, -0.15) is 0 Å². The number of carbonyl (C=O) groups is 1. The van der Waals surface area contributed by atoms with Gasteiger partial charge in [-0.05, 0) is 27.2 Å². The normalized spacial score (nSPS) is 23.1. The number of aromatic nitrogens is 2. The Balaban J connectivity index is 1.95. The number of hydrogen-bond donors (Lipinski definition) is 1. The van der Waals surface area contributed by atoms with E-state index in [0.29, 0.717) is 19.5 Å². The van der Waals surface area contributed by atoms with E-state index in [-0.39, 0.29) is 12.0 Å². The number of aliphatic hydroxyl groups is 1. The highest BCUT2D eigenvalue weighted by molar-refractivity contribution is 5.68. The Hall–Kier alpha value is -1.56. The van der Waals surface area contributed by atoms with Gasteiger partial charge in [-0.15, -0.1) is 0 Å². The van der Waals surface area contributed by atoms with Crippen LogP contribution in [0.2, 0.25) is 0 Å². The zero-order chi connectivity index (χ0) is 14.9. The molecule has 1 amide bonds. The highest BCUT2D eigenvalue weighted by atomic mass is 16.6. The second kappa shape index (κ2) is 5.44. The van der Waals surface area contributed by atoms with E-state index in [4.69, 9.17) is 4.74 Å². The Labute approximate surface area is 119 Å². The molecule has 112 valence electrons. The summed E-state index contributed by atoms with van der Waals surface area (Å²) in [5.41, 5.74) is 0.544. The average Bonchev–Trinajstić information content (AvgIpc) is 2.86. The Morgan fingerprint density at radius 1 is 1.50 bits per heavy atom. The summed E-state index contributed by atoms with van der Waals surface area (Å²) in [7, 11) is 1.93. The molecule has 6 nitrogen and oxygen atoms in total. The molecule has 0 radical (unpaired) electrons. The number of hydrogen-bond acceptors (Lipinski definition) is 4. The van der Waals surface area contributed by atoms with E-state index in [1.165, 1.54) is 0 Å². The van der Waals surface area contributed by atoms with Crippen LogP contribution in [0.5, 0.6) is 0 Å². The van der Waals surface area contributed by atoms with Gasteiger partial charge in [0.2, 0.25) is 0 Å². The van der Waals surface area contributed by atoms with Crippen LogP contribution < -0.4 is 0 Å². The van der Waals surface area contributed by atoms with Crippen molar-refractivity contribution in [2.75, 3.05) is 13.1 Å². The molecule has 1 saturated heterocycles. The standard InChI is InChI=1S/C14H23N3O3/c1-14(2,3)20-13(19)17-7-10(12(18)8-17)5-11-6-15-9-16(11)4/h6,9-10,12,18H,5,7-8H2,1-4H3. The summed E-state index contributed by atoms with van der Waals surface area (Å²) in [6.07, 6.45) is 3.36. The van der Waals surface area contributed by atoms with Crippen LogP contribution in [0.25, 0.3) is 0 Å². The molecule has 0 saturated carbocycles. The van der Waals surface area contributed by atoms with Crippen molar-refractivity contribution in [1.29, 1.82) is 0 Å². The lowest BCUT2D eigenvalue weighted by Gasteiger charge is -2.24. The molecule has 1 fully saturated rings. The Bertz CT molecular complexity index is 478. The van der Waals surface area contributed by atoms with Gasteiger partial charge in [0.1, 0.15) is 5.60 Å². The lowest BCUT2D eigenvalue weighted by molar-refractivity contribution is 0.0269. The van der Waals surface area contributed by atoms with Crippen molar-refractivity contribution in [2.24, 2.45) is 13.0 Å². The lowest BCUT2D eigenvalue weighted by Crippen LogP contribution is -2.35. The number of rotatable bonds is 2. The summed E-state index contributed by atoms with van der Waals surface area (Å²) in [6, 6.07) is 0. The minimum atomic E-state index is -0.516. The van der Waals surface area contributed by atoms with E-state index in [1.54, 1.807) is 17.4 Å². The van der Waals surface area contributed by atoms with Crippen molar-refractivity contribution in [3.8, 4) is 0 Å². The van der Waals surface area contributed by atoms with Crippen LogP contribution in [0, 0.1) is 5.92 Å². The second-order valence-electron chi connectivity index (χ2n) is 6.41. The highest BCUT2D eigenvalue weighted by Crippen LogP contribution is 2.23. The topological polar surface area (TPSA) is 67.6 Å². The number of aryl methyl sites for hydroxylation is 1. The zero-order valence-corrected chi connectivity index (χ0v) is 12.5. The summed E-state index contributed by atoms with van der Waals surface area (Å²) in [5, 5.41) is 10.1. The third-order valence-electron chi connectivity index (χ3n) is 3.45. The van der Waals surface area contributed by atoms with E-state index in [9.17, 15) is 9.90 Å². The van der Waals surface area contributed by atoms with Gasteiger partial charge in [0.25, 0.3) is 0 Å². The summed E-state index contributed by atoms with van der Waals surface area (Å²) >= 11 is 0. The number of imidazole rings is 1. The molecular formula is C14H23N3O3. The Kier molecular flexibility index (Phi) is 4.04.